The number of hydrogen-bond donors (Lipinski definition) is 1. The average molecular weight is 288 g/mol. The van der Waals surface area contributed by atoms with Crippen LogP contribution in [0.25, 0.3) is 0 Å². The number of amides is 1. The van der Waals surface area contributed by atoms with Crippen LogP contribution in [0, 0.1) is 19.8 Å². The van der Waals surface area contributed by atoms with Crippen LogP contribution in [0.15, 0.2) is 18.2 Å². The van der Waals surface area contributed by atoms with Crippen LogP contribution in [0.1, 0.15) is 47.7 Å². The van der Waals surface area contributed by atoms with Crippen molar-refractivity contribution in [1.29, 1.82) is 0 Å². The SMILES string of the molecule is CCCN(CC1CCNCC1)C(=O)c1cccc(C)c1C. The smallest absolute Gasteiger partial charge is 0.254 e. The highest BCUT2D eigenvalue weighted by Crippen LogP contribution is 2.19. The second kappa shape index (κ2) is 7.60. The Morgan fingerprint density at radius 1 is 1.29 bits per heavy atom. The summed E-state index contributed by atoms with van der Waals surface area (Å²) in [6.07, 6.45) is 3.38. The van der Waals surface area contributed by atoms with E-state index >= 15 is 0 Å². The van der Waals surface area contributed by atoms with Crippen molar-refractivity contribution in [3.8, 4) is 0 Å². The zero-order chi connectivity index (χ0) is 15.2. The number of benzene rings is 1. The standard InChI is InChI=1S/C18H28N2O/c1-4-12-20(13-16-8-10-19-11-9-16)18(21)17-7-5-6-14(2)15(17)3/h5-7,16,19H,4,8-13H2,1-3H3. The van der Waals surface area contributed by atoms with E-state index in [0.29, 0.717) is 5.92 Å². The lowest BCUT2D eigenvalue weighted by molar-refractivity contribution is 0.0715. The maximum Gasteiger partial charge on any atom is 0.254 e. The van der Waals surface area contributed by atoms with E-state index in [9.17, 15) is 4.79 Å². The Bertz CT molecular complexity index is 478. The van der Waals surface area contributed by atoms with E-state index in [4.69, 9.17) is 0 Å². The van der Waals surface area contributed by atoms with Crippen molar-refractivity contribution in [3.05, 3.63) is 34.9 Å². The molecular weight excluding hydrogens is 260 g/mol. The third kappa shape index (κ3) is 4.07. The summed E-state index contributed by atoms with van der Waals surface area (Å²) in [4.78, 5) is 15.0. The Labute approximate surface area is 128 Å². The highest BCUT2D eigenvalue weighted by molar-refractivity contribution is 5.96. The second-order valence-electron chi connectivity index (χ2n) is 6.19. The molecule has 0 atom stereocenters. The number of rotatable bonds is 5. The van der Waals surface area contributed by atoms with Crippen LogP contribution in [0.3, 0.4) is 0 Å². The van der Waals surface area contributed by atoms with E-state index < -0.39 is 0 Å². The van der Waals surface area contributed by atoms with Crippen molar-refractivity contribution >= 4 is 5.91 Å². The minimum Gasteiger partial charge on any atom is -0.338 e. The fraction of sp³-hybridized carbons (Fsp3) is 0.611. The van der Waals surface area contributed by atoms with Gasteiger partial charge in [-0.1, -0.05) is 19.1 Å². The minimum atomic E-state index is 0.205. The van der Waals surface area contributed by atoms with Gasteiger partial charge in [-0.05, 0) is 69.3 Å². The predicted molar refractivity (Wildman–Crippen MR) is 87.7 cm³/mol. The summed E-state index contributed by atoms with van der Waals surface area (Å²) >= 11 is 0. The van der Waals surface area contributed by atoms with Gasteiger partial charge in [-0.25, -0.2) is 0 Å². The molecule has 116 valence electrons. The Morgan fingerprint density at radius 3 is 2.67 bits per heavy atom. The Balaban J connectivity index is 2.12. The van der Waals surface area contributed by atoms with Crippen LogP contribution in [0.5, 0.6) is 0 Å². The predicted octanol–water partition coefficient (Wildman–Crippen LogP) is 3.16. The molecule has 0 saturated carbocycles. The zero-order valence-electron chi connectivity index (χ0n) is 13.6. The number of nitrogens with zero attached hydrogens (tertiary/aromatic N) is 1. The first kappa shape index (κ1) is 16.0. The molecule has 0 aromatic heterocycles. The summed E-state index contributed by atoms with van der Waals surface area (Å²) in [6, 6.07) is 6.03. The van der Waals surface area contributed by atoms with Crippen LogP contribution in [-0.4, -0.2) is 37.0 Å². The van der Waals surface area contributed by atoms with Gasteiger partial charge in [0.15, 0.2) is 0 Å². The van der Waals surface area contributed by atoms with Crippen molar-refractivity contribution in [2.24, 2.45) is 5.92 Å². The lowest BCUT2D eigenvalue weighted by Gasteiger charge is -2.30. The molecule has 0 unspecified atom stereocenters. The highest BCUT2D eigenvalue weighted by atomic mass is 16.2. The molecule has 1 aliphatic heterocycles. The van der Waals surface area contributed by atoms with E-state index in [1.54, 1.807) is 0 Å². The molecule has 0 spiro atoms. The summed E-state index contributed by atoms with van der Waals surface area (Å²) in [7, 11) is 0. The van der Waals surface area contributed by atoms with Gasteiger partial charge in [-0.15, -0.1) is 0 Å². The van der Waals surface area contributed by atoms with Crippen LogP contribution < -0.4 is 5.32 Å². The summed E-state index contributed by atoms with van der Waals surface area (Å²) in [5.41, 5.74) is 3.19. The topological polar surface area (TPSA) is 32.3 Å². The Morgan fingerprint density at radius 2 is 2.00 bits per heavy atom. The lowest BCUT2D eigenvalue weighted by Crippen LogP contribution is -2.40. The van der Waals surface area contributed by atoms with Gasteiger partial charge in [-0.2, -0.15) is 0 Å². The van der Waals surface area contributed by atoms with E-state index in [1.165, 1.54) is 18.4 Å². The summed E-state index contributed by atoms with van der Waals surface area (Å²) in [5.74, 6) is 0.850. The van der Waals surface area contributed by atoms with Gasteiger partial charge in [0.2, 0.25) is 0 Å². The second-order valence-corrected chi connectivity index (χ2v) is 6.19. The van der Waals surface area contributed by atoms with Gasteiger partial charge in [0.1, 0.15) is 0 Å². The summed E-state index contributed by atoms with van der Waals surface area (Å²) in [5, 5.41) is 3.39. The number of carbonyl (C=O) groups is 1. The maximum atomic E-state index is 12.9. The van der Waals surface area contributed by atoms with Gasteiger partial charge < -0.3 is 10.2 Å². The quantitative estimate of drug-likeness (QED) is 0.902. The zero-order valence-corrected chi connectivity index (χ0v) is 13.6. The van der Waals surface area contributed by atoms with Gasteiger partial charge in [0.05, 0.1) is 0 Å². The van der Waals surface area contributed by atoms with Gasteiger partial charge >= 0.3 is 0 Å². The molecule has 3 heteroatoms. The summed E-state index contributed by atoms with van der Waals surface area (Å²) in [6.45, 7) is 10.2. The fourth-order valence-corrected chi connectivity index (χ4v) is 3.07. The minimum absolute atomic E-state index is 0.205. The first-order valence-electron chi connectivity index (χ1n) is 8.19. The fourth-order valence-electron chi connectivity index (χ4n) is 3.07. The Hall–Kier alpha value is -1.35. The molecule has 1 aromatic carbocycles. The van der Waals surface area contributed by atoms with Crippen LogP contribution >= 0.6 is 0 Å². The molecule has 1 aliphatic rings. The average Bonchev–Trinajstić information content (AvgIpc) is 2.50. The van der Waals surface area contributed by atoms with Gasteiger partial charge in [-0.3, -0.25) is 4.79 Å². The number of hydrogen-bond acceptors (Lipinski definition) is 2. The molecule has 1 N–H and O–H groups in total. The van der Waals surface area contributed by atoms with E-state index in [-0.39, 0.29) is 5.91 Å². The van der Waals surface area contributed by atoms with Crippen molar-refractivity contribution in [2.75, 3.05) is 26.2 Å². The van der Waals surface area contributed by atoms with Crippen LogP contribution in [0.2, 0.25) is 0 Å². The molecule has 1 amide bonds. The van der Waals surface area contributed by atoms with Crippen LogP contribution in [0.4, 0.5) is 0 Å². The monoisotopic (exact) mass is 288 g/mol. The molecule has 1 saturated heterocycles. The third-order valence-corrected chi connectivity index (χ3v) is 4.55. The van der Waals surface area contributed by atoms with E-state index in [2.05, 4.69) is 37.1 Å². The number of nitrogens with one attached hydrogen (secondary N) is 1. The molecule has 3 nitrogen and oxygen atoms in total. The molecule has 1 aromatic rings. The van der Waals surface area contributed by atoms with Gasteiger partial charge in [0.25, 0.3) is 5.91 Å². The maximum absolute atomic E-state index is 12.9. The number of aryl methyl sites for hydroxylation is 1. The molecule has 0 radical (unpaired) electrons. The normalized spacial score (nSPS) is 16.0. The van der Waals surface area contributed by atoms with E-state index in [0.717, 1.165) is 43.7 Å². The number of carbonyl (C=O) groups excluding carboxylic acids is 1. The van der Waals surface area contributed by atoms with E-state index in [1.807, 2.05) is 12.1 Å². The molecule has 0 bridgehead atoms. The highest BCUT2D eigenvalue weighted by Gasteiger charge is 2.22. The lowest BCUT2D eigenvalue weighted by atomic mass is 9.96. The molecule has 2 rings (SSSR count). The molecule has 1 fully saturated rings. The number of piperidine rings is 1. The van der Waals surface area contributed by atoms with Crippen LogP contribution in [-0.2, 0) is 0 Å². The molecule has 21 heavy (non-hydrogen) atoms. The van der Waals surface area contributed by atoms with Gasteiger partial charge in [0, 0.05) is 18.7 Å². The first-order valence-corrected chi connectivity index (χ1v) is 8.19. The molecular formula is C18H28N2O. The molecule has 1 heterocycles. The largest absolute Gasteiger partial charge is 0.338 e. The molecule has 0 aliphatic carbocycles. The Kier molecular flexibility index (Phi) is 5.80. The first-order chi connectivity index (χ1) is 10.1. The van der Waals surface area contributed by atoms with Crippen molar-refractivity contribution < 1.29 is 4.79 Å². The van der Waals surface area contributed by atoms with Crippen molar-refractivity contribution in [2.45, 2.75) is 40.0 Å². The third-order valence-electron chi connectivity index (χ3n) is 4.55. The van der Waals surface area contributed by atoms with Crippen molar-refractivity contribution in [3.63, 3.8) is 0 Å². The van der Waals surface area contributed by atoms with Crippen molar-refractivity contribution in [1.82, 2.24) is 10.2 Å². The summed E-state index contributed by atoms with van der Waals surface area (Å²) < 4.78 is 0.